The van der Waals surface area contributed by atoms with Crippen molar-refractivity contribution in [3.8, 4) is 0 Å². The summed E-state index contributed by atoms with van der Waals surface area (Å²) in [4.78, 5) is 1.76. The third-order valence-electron chi connectivity index (χ3n) is 3.59. The molecule has 5 heteroatoms. The van der Waals surface area contributed by atoms with Crippen LogP contribution < -0.4 is 0 Å². The molecule has 2 atom stereocenters. The second-order valence-corrected chi connectivity index (χ2v) is 5.24. The molecule has 1 aromatic rings. The molecule has 1 heterocycles. The molecule has 0 aliphatic carbocycles. The van der Waals surface area contributed by atoms with E-state index in [1.165, 1.54) is 0 Å². The van der Waals surface area contributed by atoms with Gasteiger partial charge in [-0.25, -0.2) is 0 Å². The van der Waals surface area contributed by atoms with Gasteiger partial charge in [-0.05, 0) is 5.56 Å². The van der Waals surface area contributed by atoms with Crippen LogP contribution in [0.4, 0.5) is 13.2 Å². The van der Waals surface area contributed by atoms with Gasteiger partial charge in [-0.3, -0.25) is 4.90 Å². The smallest absolute Gasteiger partial charge is 0.393 e. The molecule has 1 aromatic carbocycles. The Morgan fingerprint density at radius 3 is 1.88 bits per heavy atom. The van der Waals surface area contributed by atoms with Crippen molar-refractivity contribution in [1.82, 2.24) is 4.90 Å². The zero-order chi connectivity index (χ0) is 20.6. The summed E-state index contributed by atoms with van der Waals surface area (Å²) in [5.74, 6) is -2.11. The van der Waals surface area contributed by atoms with Gasteiger partial charge in [0.05, 0.1) is 5.92 Å². The van der Waals surface area contributed by atoms with Crippen LogP contribution in [0.1, 0.15) is 33.3 Å². The first-order chi connectivity index (χ1) is 12.4. The minimum Gasteiger partial charge on any atom is -0.396 e. The van der Waals surface area contributed by atoms with Crippen molar-refractivity contribution >= 4 is 0 Å². The van der Waals surface area contributed by atoms with Gasteiger partial charge in [-0.15, -0.1) is 0 Å². The molecule has 0 radical (unpaired) electrons. The number of hydrogen-bond donors (Lipinski definition) is 1. The van der Waals surface area contributed by atoms with E-state index >= 15 is 0 Å². The van der Waals surface area contributed by atoms with Crippen molar-refractivity contribution in [2.75, 3.05) is 19.7 Å². The minimum absolute atomic E-state index is 0.0242. The summed E-state index contributed by atoms with van der Waals surface area (Å²) >= 11 is 0. The third-order valence-corrected chi connectivity index (χ3v) is 3.59. The van der Waals surface area contributed by atoms with Crippen LogP contribution in [0.5, 0.6) is 0 Å². The monoisotopic (exact) mass is 373 g/mol. The lowest BCUT2D eigenvalue weighted by Crippen LogP contribution is -2.31. The molecule has 150 valence electrons. The summed E-state index contributed by atoms with van der Waals surface area (Å²) in [5.41, 5.74) is 0.997. The Morgan fingerprint density at radius 1 is 1.04 bits per heavy atom. The van der Waals surface area contributed by atoms with Crippen molar-refractivity contribution in [3.63, 3.8) is 0 Å². The highest BCUT2D eigenvalue weighted by molar-refractivity contribution is 5.14. The number of aliphatic hydroxyl groups excluding tert-OH is 1. The van der Waals surface area contributed by atoms with Crippen LogP contribution in [-0.4, -0.2) is 35.9 Å². The average molecular weight is 374 g/mol. The SMILES string of the molecule is C=CC=C.CC.CC.OCC1CN(Cc2ccccc2)CC1C(F)(F)F. The van der Waals surface area contributed by atoms with E-state index in [1.807, 2.05) is 58.0 Å². The van der Waals surface area contributed by atoms with Crippen molar-refractivity contribution in [3.05, 3.63) is 61.2 Å². The molecule has 1 N–H and O–H groups in total. The molecule has 1 saturated heterocycles. The average Bonchev–Trinajstić information content (AvgIpc) is 3.09. The molecule has 0 spiro atoms. The van der Waals surface area contributed by atoms with E-state index in [9.17, 15) is 13.2 Å². The molecule has 1 fully saturated rings. The third kappa shape index (κ3) is 10.4. The molecule has 2 rings (SSSR count). The van der Waals surface area contributed by atoms with Crippen LogP contribution >= 0.6 is 0 Å². The number of allylic oxidation sites excluding steroid dienone is 2. The van der Waals surface area contributed by atoms with E-state index in [4.69, 9.17) is 5.11 Å². The first kappa shape index (κ1) is 26.6. The van der Waals surface area contributed by atoms with E-state index in [1.54, 1.807) is 17.1 Å². The van der Waals surface area contributed by atoms with Gasteiger partial charge in [0.15, 0.2) is 0 Å². The highest BCUT2D eigenvalue weighted by Gasteiger charge is 2.49. The summed E-state index contributed by atoms with van der Waals surface area (Å²) in [6.07, 6.45) is -0.946. The second kappa shape index (κ2) is 15.6. The van der Waals surface area contributed by atoms with Crippen LogP contribution in [0.2, 0.25) is 0 Å². The molecule has 0 aromatic heterocycles. The summed E-state index contributed by atoms with van der Waals surface area (Å²) in [6, 6.07) is 9.42. The van der Waals surface area contributed by atoms with Crippen LogP contribution in [0.3, 0.4) is 0 Å². The molecule has 1 aliphatic heterocycles. The van der Waals surface area contributed by atoms with Gasteiger partial charge in [-0.1, -0.05) is 83.3 Å². The van der Waals surface area contributed by atoms with E-state index in [-0.39, 0.29) is 6.54 Å². The highest BCUT2D eigenvalue weighted by atomic mass is 19.4. The zero-order valence-electron chi connectivity index (χ0n) is 16.5. The fourth-order valence-corrected chi connectivity index (χ4v) is 2.49. The molecule has 0 saturated carbocycles. The van der Waals surface area contributed by atoms with Crippen LogP contribution in [0, 0.1) is 11.8 Å². The zero-order valence-corrected chi connectivity index (χ0v) is 16.5. The first-order valence-electron chi connectivity index (χ1n) is 9.09. The Morgan fingerprint density at radius 2 is 1.54 bits per heavy atom. The summed E-state index contributed by atoms with van der Waals surface area (Å²) < 4.78 is 38.3. The van der Waals surface area contributed by atoms with E-state index in [0.717, 1.165) is 5.56 Å². The van der Waals surface area contributed by atoms with E-state index < -0.39 is 24.6 Å². The lowest BCUT2D eigenvalue weighted by Gasteiger charge is -2.19. The number of aliphatic hydroxyl groups is 1. The molecule has 1 aliphatic rings. The molecule has 0 bridgehead atoms. The maximum Gasteiger partial charge on any atom is 0.393 e. The predicted octanol–water partition coefficient (Wildman–Crippen LogP) is 5.70. The fourth-order valence-electron chi connectivity index (χ4n) is 2.49. The topological polar surface area (TPSA) is 23.5 Å². The van der Waals surface area contributed by atoms with Crippen LogP contribution in [-0.2, 0) is 6.54 Å². The molecular weight excluding hydrogens is 339 g/mol. The Balaban J connectivity index is 0. The van der Waals surface area contributed by atoms with Crippen molar-refractivity contribution in [1.29, 1.82) is 0 Å². The highest BCUT2D eigenvalue weighted by Crippen LogP contribution is 2.37. The molecule has 2 nitrogen and oxygen atoms in total. The van der Waals surface area contributed by atoms with Crippen molar-refractivity contribution in [2.45, 2.75) is 40.4 Å². The van der Waals surface area contributed by atoms with Gasteiger partial charge < -0.3 is 5.11 Å². The van der Waals surface area contributed by atoms with Gasteiger partial charge in [0.1, 0.15) is 0 Å². The summed E-state index contributed by atoms with van der Waals surface area (Å²) in [5, 5.41) is 9.06. The van der Waals surface area contributed by atoms with Gasteiger partial charge in [0, 0.05) is 32.2 Å². The molecule has 2 unspecified atom stereocenters. The number of nitrogens with zero attached hydrogens (tertiary/aromatic N) is 1. The lowest BCUT2D eigenvalue weighted by atomic mass is 9.97. The Bertz CT molecular complexity index is 454. The molecule has 0 amide bonds. The quantitative estimate of drug-likeness (QED) is 0.684. The lowest BCUT2D eigenvalue weighted by molar-refractivity contribution is -0.183. The number of likely N-dealkylation sites (tertiary alicyclic amines) is 1. The normalized spacial score (nSPS) is 18.9. The first-order valence-corrected chi connectivity index (χ1v) is 9.09. The Kier molecular flexibility index (Phi) is 16.0. The second-order valence-electron chi connectivity index (χ2n) is 5.24. The fraction of sp³-hybridized carbons (Fsp3) is 0.524. The Hall–Kier alpha value is -1.59. The summed E-state index contributed by atoms with van der Waals surface area (Å²) in [6.45, 7) is 15.1. The van der Waals surface area contributed by atoms with Gasteiger partial charge in [-0.2, -0.15) is 13.2 Å². The van der Waals surface area contributed by atoms with Crippen LogP contribution in [0.15, 0.2) is 55.6 Å². The Labute approximate surface area is 157 Å². The summed E-state index contributed by atoms with van der Waals surface area (Å²) in [7, 11) is 0. The standard InChI is InChI=1S/C13H16F3NO.C4H6.2C2H6/c14-13(15,16)12-8-17(7-11(12)9-18)6-10-4-2-1-3-5-10;1-3-4-2;2*1-2/h1-5,11-12,18H,6-9H2;3-4H,1-2H2;2*1-2H3. The van der Waals surface area contributed by atoms with E-state index in [2.05, 4.69) is 13.2 Å². The van der Waals surface area contributed by atoms with Crippen molar-refractivity contribution < 1.29 is 18.3 Å². The number of alkyl halides is 3. The van der Waals surface area contributed by atoms with Crippen LogP contribution in [0.25, 0.3) is 0 Å². The maximum atomic E-state index is 12.8. The van der Waals surface area contributed by atoms with Gasteiger partial charge >= 0.3 is 6.18 Å². The number of benzene rings is 1. The van der Waals surface area contributed by atoms with Crippen molar-refractivity contribution in [2.24, 2.45) is 11.8 Å². The minimum atomic E-state index is -4.22. The van der Waals surface area contributed by atoms with Gasteiger partial charge in [0.2, 0.25) is 0 Å². The number of halogens is 3. The van der Waals surface area contributed by atoms with E-state index in [0.29, 0.717) is 13.1 Å². The predicted molar refractivity (Wildman–Crippen MR) is 105 cm³/mol. The largest absolute Gasteiger partial charge is 0.396 e. The number of hydrogen-bond acceptors (Lipinski definition) is 2. The molecular formula is C21H34F3NO. The molecule has 26 heavy (non-hydrogen) atoms. The number of rotatable bonds is 4. The van der Waals surface area contributed by atoms with Gasteiger partial charge in [0.25, 0.3) is 0 Å². The maximum absolute atomic E-state index is 12.8.